The van der Waals surface area contributed by atoms with Crippen molar-refractivity contribution in [3.63, 3.8) is 0 Å². The van der Waals surface area contributed by atoms with Crippen LogP contribution in [0.2, 0.25) is 0 Å². The summed E-state index contributed by atoms with van der Waals surface area (Å²) in [5.41, 5.74) is 3.24. The Labute approximate surface area is 148 Å². The van der Waals surface area contributed by atoms with Gasteiger partial charge in [0.05, 0.1) is 0 Å². The number of hydrogen-bond donors (Lipinski definition) is 2. The van der Waals surface area contributed by atoms with Crippen molar-refractivity contribution in [3.05, 3.63) is 29.6 Å². The van der Waals surface area contributed by atoms with E-state index in [1.165, 1.54) is 5.56 Å². The van der Waals surface area contributed by atoms with E-state index in [4.69, 9.17) is 4.52 Å². The second-order valence-electron chi connectivity index (χ2n) is 6.79. The highest BCUT2D eigenvalue weighted by Gasteiger charge is 2.22. The van der Waals surface area contributed by atoms with Crippen LogP contribution in [0, 0.1) is 6.92 Å². The minimum Gasteiger partial charge on any atom is -0.382 e. The zero-order valence-electron chi connectivity index (χ0n) is 15.1. The van der Waals surface area contributed by atoms with Gasteiger partial charge in [-0.05, 0) is 50.3 Å². The van der Waals surface area contributed by atoms with E-state index in [2.05, 4.69) is 39.8 Å². The molecule has 1 aliphatic rings. The van der Waals surface area contributed by atoms with Crippen LogP contribution in [-0.2, 0) is 11.2 Å². The van der Waals surface area contributed by atoms with Gasteiger partial charge in [0.1, 0.15) is 0 Å². The molecule has 2 aromatic rings. The second-order valence-corrected chi connectivity index (χ2v) is 6.79. The van der Waals surface area contributed by atoms with Crippen molar-refractivity contribution in [2.45, 2.75) is 65.0 Å². The van der Waals surface area contributed by atoms with Crippen LogP contribution in [0.25, 0.3) is 11.5 Å². The number of nitrogens with zero attached hydrogens (tertiary/aromatic N) is 2. The van der Waals surface area contributed by atoms with Gasteiger partial charge in [0.15, 0.2) is 5.82 Å². The number of aromatic nitrogens is 2. The van der Waals surface area contributed by atoms with Gasteiger partial charge in [0, 0.05) is 36.7 Å². The molecule has 6 nitrogen and oxygen atoms in total. The van der Waals surface area contributed by atoms with Crippen molar-refractivity contribution in [1.82, 2.24) is 15.5 Å². The molecular formula is C19H26N4O2. The minimum absolute atomic E-state index is 0.0611. The van der Waals surface area contributed by atoms with Gasteiger partial charge in [0.25, 0.3) is 5.89 Å². The summed E-state index contributed by atoms with van der Waals surface area (Å²) < 4.78 is 5.35. The lowest BCUT2D eigenvalue weighted by atomic mass is 9.90. The van der Waals surface area contributed by atoms with Crippen molar-refractivity contribution in [2.75, 3.05) is 5.32 Å². The van der Waals surface area contributed by atoms with E-state index in [0.29, 0.717) is 18.0 Å². The summed E-state index contributed by atoms with van der Waals surface area (Å²) in [5.74, 6) is 1.35. The lowest BCUT2D eigenvalue weighted by molar-refractivity contribution is -0.119. The van der Waals surface area contributed by atoms with Crippen LogP contribution < -0.4 is 10.6 Å². The zero-order valence-corrected chi connectivity index (χ0v) is 15.1. The number of aryl methyl sites for hydroxylation is 2. The monoisotopic (exact) mass is 342 g/mol. The summed E-state index contributed by atoms with van der Waals surface area (Å²) in [6.45, 7) is 5.69. The van der Waals surface area contributed by atoms with E-state index in [1.807, 2.05) is 13.0 Å². The fourth-order valence-electron chi connectivity index (χ4n) is 3.31. The number of carbonyl (C=O) groups is 1. The van der Waals surface area contributed by atoms with Gasteiger partial charge in [-0.2, -0.15) is 4.98 Å². The lowest BCUT2D eigenvalue weighted by Crippen LogP contribution is -2.39. The molecule has 1 saturated carbocycles. The van der Waals surface area contributed by atoms with E-state index >= 15 is 0 Å². The maximum absolute atomic E-state index is 11.2. The molecule has 6 heteroatoms. The Hall–Kier alpha value is -2.37. The molecule has 2 N–H and O–H groups in total. The van der Waals surface area contributed by atoms with Crippen LogP contribution in [0.4, 0.5) is 5.69 Å². The first kappa shape index (κ1) is 17.5. The molecule has 0 radical (unpaired) electrons. The summed E-state index contributed by atoms with van der Waals surface area (Å²) in [7, 11) is 0. The fraction of sp³-hybridized carbons (Fsp3) is 0.526. The number of nitrogens with one attached hydrogen (secondary N) is 2. The van der Waals surface area contributed by atoms with Gasteiger partial charge in [-0.25, -0.2) is 0 Å². The molecule has 1 heterocycles. The van der Waals surface area contributed by atoms with Crippen LogP contribution in [0.5, 0.6) is 0 Å². The van der Waals surface area contributed by atoms with Crippen molar-refractivity contribution in [1.29, 1.82) is 0 Å². The minimum atomic E-state index is 0.0611. The molecule has 0 spiro atoms. The van der Waals surface area contributed by atoms with E-state index < -0.39 is 0 Å². The Morgan fingerprint density at radius 3 is 2.60 bits per heavy atom. The normalized spacial score (nSPS) is 20.3. The SMILES string of the molecule is CCc1noc(-c2ccc(C)c(NC3CCC(NC(C)=O)CC3)c2)n1. The smallest absolute Gasteiger partial charge is 0.257 e. The topological polar surface area (TPSA) is 80.0 Å². The number of amides is 1. The molecular weight excluding hydrogens is 316 g/mol. The molecule has 1 aromatic heterocycles. The number of anilines is 1. The number of rotatable bonds is 5. The van der Waals surface area contributed by atoms with E-state index in [-0.39, 0.29) is 5.91 Å². The van der Waals surface area contributed by atoms with Crippen molar-refractivity contribution in [3.8, 4) is 11.5 Å². The van der Waals surface area contributed by atoms with Crippen LogP contribution in [0.15, 0.2) is 22.7 Å². The van der Waals surface area contributed by atoms with Gasteiger partial charge < -0.3 is 15.2 Å². The zero-order chi connectivity index (χ0) is 17.8. The average Bonchev–Trinajstić information content (AvgIpc) is 3.07. The summed E-state index contributed by atoms with van der Waals surface area (Å²) >= 11 is 0. The van der Waals surface area contributed by atoms with Crippen molar-refractivity contribution in [2.24, 2.45) is 0 Å². The third-order valence-electron chi connectivity index (χ3n) is 4.76. The van der Waals surface area contributed by atoms with Crippen molar-refractivity contribution >= 4 is 11.6 Å². The number of hydrogen-bond acceptors (Lipinski definition) is 5. The molecule has 0 saturated heterocycles. The van der Waals surface area contributed by atoms with Gasteiger partial charge >= 0.3 is 0 Å². The highest BCUT2D eigenvalue weighted by atomic mass is 16.5. The number of carbonyl (C=O) groups excluding carboxylic acids is 1. The summed E-state index contributed by atoms with van der Waals surface area (Å²) in [5, 5.41) is 10.6. The molecule has 0 aliphatic heterocycles. The Morgan fingerprint density at radius 1 is 1.24 bits per heavy atom. The largest absolute Gasteiger partial charge is 0.382 e. The third-order valence-corrected chi connectivity index (χ3v) is 4.76. The van der Waals surface area contributed by atoms with Gasteiger partial charge in [-0.3, -0.25) is 4.79 Å². The molecule has 1 aromatic carbocycles. The van der Waals surface area contributed by atoms with Gasteiger partial charge in [0.2, 0.25) is 5.91 Å². The quantitative estimate of drug-likeness (QED) is 0.870. The highest BCUT2D eigenvalue weighted by molar-refractivity contribution is 5.73. The Morgan fingerprint density at radius 2 is 1.96 bits per heavy atom. The molecule has 1 aliphatic carbocycles. The maximum atomic E-state index is 11.2. The first-order valence-electron chi connectivity index (χ1n) is 9.02. The van der Waals surface area contributed by atoms with Crippen LogP contribution in [-0.4, -0.2) is 28.1 Å². The van der Waals surface area contributed by atoms with Crippen molar-refractivity contribution < 1.29 is 9.32 Å². The standard InChI is InChI=1S/C19H26N4O2/c1-4-18-22-19(25-23-18)14-6-5-12(2)17(11-14)21-16-9-7-15(8-10-16)20-13(3)24/h5-6,11,15-16,21H,4,7-10H2,1-3H3,(H,20,24). The molecule has 134 valence electrons. The van der Waals surface area contributed by atoms with Crippen LogP contribution in [0.3, 0.4) is 0 Å². The van der Waals surface area contributed by atoms with E-state index in [9.17, 15) is 4.79 Å². The van der Waals surface area contributed by atoms with Crippen LogP contribution >= 0.6 is 0 Å². The average molecular weight is 342 g/mol. The molecule has 0 unspecified atom stereocenters. The first-order valence-corrected chi connectivity index (χ1v) is 9.02. The molecule has 3 rings (SSSR count). The first-order chi connectivity index (χ1) is 12.0. The lowest BCUT2D eigenvalue weighted by Gasteiger charge is -2.30. The number of benzene rings is 1. The predicted molar refractivity (Wildman–Crippen MR) is 97.3 cm³/mol. The van der Waals surface area contributed by atoms with Gasteiger partial charge in [-0.15, -0.1) is 0 Å². The van der Waals surface area contributed by atoms with E-state index in [0.717, 1.165) is 49.2 Å². The molecule has 1 amide bonds. The maximum Gasteiger partial charge on any atom is 0.257 e. The highest BCUT2D eigenvalue weighted by Crippen LogP contribution is 2.28. The second kappa shape index (κ2) is 7.68. The summed E-state index contributed by atoms with van der Waals surface area (Å²) in [6.07, 6.45) is 4.89. The molecule has 25 heavy (non-hydrogen) atoms. The Bertz CT molecular complexity index is 733. The molecule has 0 atom stereocenters. The Balaban J connectivity index is 1.66. The molecule has 1 fully saturated rings. The summed E-state index contributed by atoms with van der Waals surface area (Å²) in [4.78, 5) is 15.6. The van der Waals surface area contributed by atoms with Gasteiger partial charge in [-0.1, -0.05) is 18.1 Å². The van der Waals surface area contributed by atoms with Crippen LogP contribution in [0.1, 0.15) is 50.9 Å². The fourth-order valence-corrected chi connectivity index (χ4v) is 3.31. The summed E-state index contributed by atoms with van der Waals surface area (Å²) in [6, 6.07) is 6.92. The third kappa shape index (κ3) is 4.38. The Kier molecular flexibility index (Phi) is 5.36. The van der Waals surface area contributed by atoms with E-state index in [1.54, 1.807) is 6.92 Å². The molecule has 0 bridgehead atoms. The predicted octanol–water partition coefficient (Wildman–Crippen LogP) is 3.47.